The summed E-state index contributed by atoms with van der Waals surface area (Å²) in [6.07, 6.45) is 5.51. The molecule has 0 bridgehead atoms. The summed E-state index contributed by atoms with van der Waals surface area (Å²) in [5, 5.41) is 0.822. The van der Waals surface area contributed by atoms with Crippen LogP contribution in [0.3, 0.4) is 0 Å². The summed E-state index contributed by atoms with van der Waals surface area (Å²) in [7, 11) is 0. The van der Waals surface area contributed by atoms with Crippen molar-refractivity contribution in [3.8, 4) is 0 Å². The quantitative estimate of drug-likeness (QED) is 0.809. The lowest BCUT2D eigenvalue weighted by molar-refractivity contribution is -0.937. The minimum absolute atomic E-state index is 0.547. The summed E-state index contributed by atoms with van der Waals surface area (Å²) in [6, 6.07) is 8.87. The predicted octanol–water partition coefficient (Wildman–Crippen LogP) is 1.08. The second kappa shape index (κ2) is 6.39. The maximum Gasteiger partial charge on any atom is 0.162 e. The van der Waals surface area contributed by atoms with Gasteiger partial charge in [0.25, 0.3) is 0 Å². The van der Waals surface area contributed by atoms with Gasteiger partial charge in [0.1, 0.15) is 6.54 Å². The van der Waals surface area contributed by atoms with E-state index in [1.54, 1.807) is 4.90 Å². The van der Waals surface area contributed by atoms with Crippen molar-refractivity contribution in [2.45, 2.75) is 31.7 Å². The van der Waals surface area contributed by atoms with E-state index in [1.807, 2.05) is 12.1 Å². The summed E-state index contributed by atoms with van der Waals surface area (Å²) in [5.41, 5.74) is 5.53. The van der Waals surface area contributed by atoms with E-state index in [-0.39, 0.29) is 0 Å². The van der Waals surface area contributed by atoms with Gasteiger partial charge < -0.3 is 10.6 Å². The van der Waals surface area contributed by atoms with E-state index in [2.05, 4.69) is 17.9 Å². The molecule has 0 aliphatic carbocycles. The normalized spacial score (nSPS) is 19.9. The van der Waals surface area contributed by atoms with Gasteiger partial charge in [0.2, 0.25) is 0 Å². The van der Waals surface area contributed by atoms with Crippen molar-refractivity contribution in [3.05, 3.63) is 34.9 Å². The van der Waals surface area contributed by atoms with Crippen LogP contribution in [0, 0.1) is 0 Å². The van der Waals surface area contributed by atoms with Gasteiger partial charge in [0, 0.05) is 10.6 Å². The zero-order valence-corrected chi connectivity index (χ0v) is 11.2. The Bertz CT molecular complexity index is 329. The Hall–Kier alpha value is -0.570. The minimum Gasteiger partial charge on any atom is -0.352 e. The molecule has 0 radical (unpaired) electrons. The number of hydrogen-bond donors (Lipinski definition) is 2. The molecular formula is C14H23ClN2+2. The molecule has 3 heteroatoms. The van der Waals surface area contributed by atoms with E-state index in [9.17, 15) is 0 Å². The van der Waals surface area contributed by atoms with Crippen molar-refractivity contribution >= 4 is 11.6 Å². The second-order valence-corrected chi connectivity index (χ2v) is 5.40. The van der Waals surface area contributed by atoms with Gasteiger partial charge in [-0.05, 0) is 37.8 Å². The molecule has 1 aromatic rings. The molecule has 0 saturated carbocycles. The highest BCUT2D eigenvalue weighted by atomic mass is 35.5. The van der Waals surface area contributed by atoms with Crippen molar-refractivity contribution in [1.29, 1.82) is 0 Å². The number of benzene rings is 1. The molecule has 4 N–H and O–H groups in total. The fraction of sp³-hybridized carbons (Fsp3) is 0.571. The molecule has 2 nitrogen and oxygen atoms in total. The summed E-state index contributed by atoms with van der Waals surface area (Å²) in [5.74, 6) is 0. The molecule has 0 aromatic heterocycles. The molecule has 1 fully saturated rings. The minimum atomic E-state index is 0.547. The number of likely N-dealkylation sites (tertiary alicyclic amines) is 1. The monoisotopic (exact) mass is 254 g/mol. The molecule has 1 heterocycles. The first kappa shape index (κ1) is 12.9. The average Bonchev–Trinajstić information content (AvgIpc) is 2.62. The summed E-state index contributed by atoms with van der Waals surface area (Å²) >= 11 is 5.95. The molecule has 1 aromatic carbocycles. The lowest BCUT2D eigenvalue weighted by atomic mass is 10.1. The van der Waals surface area contributed by atoms with Crippen molar-refractivity contribution < 1.29 is 10.6 Å². The second-order valence-electron chi connectivity index (χ2n) is 4.97. The zero-order chi connectivity index (χ0) is 12.1. The summed E-state index contributed by atoms with van der Waals surface area (Å²) < 4.78 is 0. The van der Waals surface area contributed by atoms with Gasteiger partial charge >= 0.3 is 0 Å². The van der Waals surface area contributed by atoms with E-state index in [1.165, 1.54) is 44.3 Å². The fourth-order valence-corrected chi connectivity index (χ4v) is 2.96. The molecule has 94 valence electrons. The molecule has 17 heavy (non-hydrogen) atoms. The molecule has 1 aliphatic heterocycles. The molecule has 0 unspecified atom stereocenters. The van der Waals surface area contributed by atoms with E-state index in [0.29, 0.717) is 6.04 Å². The Labute approximate surface area is 109 Å². The van der Waals surface area contributed by atoms with E-state index in [0.717, 1.165) is 11.6 Å². The molecule has 1 atom stereocenters. The van der Waals surface area contributed by atoms with E-state index >= 15 is 0 Å². The van der Waals surface area contributed by atoms with Crippen LogP contribution in [0.25, 0.3) is 0 Å². The average molecular weight is 255 g/mol. The molecular weight excluding hydrogens is 232 g/mol. The Morgan fingerprint density at radius 2 is 1.65 bits per heavy atom. The molecule has 2 rings (SSSR count). The molecule has 1 saturated heterocycles. The van der Waals surface area contributed by atoms with Gasteiger partial charge in [-0.3, -0.25) is 0 Å². The number of rotatable bonds is 3. The lowest BCUT2D eigenvalue weighted by Gasteiger charge is -2.25. The van der Waals surface area contributed by atoms with E-state index < -0.39 is 0 Å². The molecule has 0 spiro atoms. The van der Waals surface area contributed by atoms with Crippen LogP contribution in [0.15, 0.2) is 24.3 Å². The highest BCUT2D eigenvalue weighted by Gasteiger charge is 2.25. The third kappa shape index (κ3) is 3.44. The van der Waals surface area contributed by atoms with Crippen LogP contribution in [0.4, 0.5) is 0 Å². The highest BCUT2D eigenvalue weighted by Crippen LogP contribution is 2.14. The Morgan fingerprint density at radius 3 is 2.18 bits per heavy atom. The number of halogens is 1. The van der Waals surface area contributed by atoms with Crippen LogP contribution < -0.4 is 10.6 Å². The number of quaternary nitrogens is 2. The third-order valence-corrected chi connectivity index (χ3v) is 4.05. The maximum absolute atomic E-state index is 5.95. The number of hydrogen-bond acceptors (Lipinski definition) is 0. The van der Waals surface area contributed by atoms with Crippen LogP contribution in [-0.4, -0.2) is 19.6 Å². The van der Waals surface area contributed by atoms with Gasteiger partial charge in [0.05, 0.1) is 13.1 Å². The van der Waals surface area contributed by atoms with Crippen LogP contribution in [-0.2, 0) is 0 Å². The van der Waals surface area contributed by atoms with Crippen molar-refractivity contribution in [3.63, 3.8) is 0 Å². The first-order chi connectivity index (χ1) is 8.31. The predicted molar refractivity (Wildman–Crippen MR) is 71.1 cm³/mol. The van der Waals surface area contributed by atoms with Crippen LogP contribution in [0.5, 0.6) is 0 Å². The van der Waals surface area contributed by atoms with Gasteiger partial charge in [-0.2, -0.15) is 0 Å². The summed E-state index contributed by atoms with van der Waals surface area (Å²) in [6.45, 7) is 3.56. The largest absolute Gasteiger partial charge is 0.352 e. The van der Waals surface area contributed by atoms with Gasteiger partial charge in [-0.1, -0.05) is 23.7 Å². The topological polar surface area (TPSA) is 32.1 Å². The zero-order valence-electron chi connectivity index (χ0n) is 10.4. The van der Waals surface area contributed by atoms with Crippen LogP contribution in [0.1, 0.15) is 37.3 Å². The van der Waals surface area contributed by atoms with Gasteiger partial charge in [-0.25, -0.2) is 0 Å². The Kier molecular flexibility index (Phi) is 4.84. The van der Waals surface area contributed by atoms with Crippen molar-refractivity contribution in [2.24, 2.45) is 0 Å². The Balaban J connectivity index is 2.11. The third-order valence-electron chi connectivity index (χ3n) is 3.80. The highest BCUT2D eigenvalue weighted by molar-refractivity contribution is 6.30. The smallest absolute Gasteiger partial charge is 0.162 e. The maximum atomic E-state index is 5.95. The van der Waals surface area contributed by atoms with Gasteiger partial charge in [0.15, 0.2) is 6.04 Å². The first-order valence-corrected chi connectivity index (χ1v) is 7.08. The van der Waals surface area contributed by atoms with Gasteiger partial charge in [-0.15, -0.1) is 0 Å². The van der Waals surface area contributed by atoms with E-state index in [4.69, 9.17) is 11.6 Å². The lowest BCUT2D eigenvalue weighted by Crippen LogP contribution is -3.13. The molecule has 1 aliphatic rings. The van der Waals surface area contributed by atoms with Crippen LogP contribution in [0.2, 0.25) is 5.02 Å². The standard InChI is InChI=1S/C14H21ClN2/c15-13-7-5-12(6-8-13)14(11-16)17-9-3-1-2-4-10-17/h5-8,14H,1-4,9-11,16H2/p+2/t14-/m1/s1. The Morgan fingerprint density at radius 1 is 1.06 bits per heavy atom. The van der Waals surface area contributed by atoms with Crippen molar-refractivity contribution in [2.75, 3.05) is 19.6 Å². The number of nitrogens with one attached hydrogen (secondary N) is 1. The van der Waals surface area contributed by atoms with Crippen LogP contribution >= 0.6 is 11.6 Å². The molecule has 0 amide bonds. The SMILES string of the molecule is [NH3+]C[C@H](c1ccc(Cl)cc1)[NH+]1CCCCCC1. The first-order valence-electron chi connectivity index (χ1n) is 6.70. The fourth-order valence-electron chi connectivity index (χ4n) is 2.83. The summed E-state index contributed by atoms with van der Waals surface area (Å²) in [4.78, 5) is 1.71. The van der Waals surface area contributed by atoms with Crippen molar-refractivity contribution in [1.82, 2.24) is 0 Å².